The normalized spacial score (nSPS) is 17.3. The Hall–Kier alpha value is -0.850. The summed E-state index contributed by atoms with van der Waals surface area (Å²) in [6.45, 7) is 4.31. The molecule has 0 aliphatic heterocycles. The van der Waals surface area contributed by atoms with E-state index in [9.17, 15) is 0 Å². The lowest BCUT2D eigenvalue weighted by Gasteiger charge is -2.12. The first-order valence-corrected chi connectivity index (χ1v) is 6.34. The number of nitriles is 1. The van der Waals surface area contributed by atoms with Crippen LogP contribution in [0.25, 0.3) is 0 Å². The average Bonchev–Trinajstić information content (AvgIpc) is 2.89. The Labute approximate surface area is 94.9 Å². The van der Waals surface area contributed by atoms with Crippen LogP contribution in [0.5, 0.6) is 0 Å². The van der Waals surface area contributed by atoms with Crippen molar-refractivity contribution in [1.82, 2.24) is 5.32 Å². The van der Waals surface area contributed by atoms with Gasteiger partial charge in [0.2, 0.25) is 0 Å². The van der Waals surface area contributed by atoms with Crippen LogP contribution in [0.1, 0.15) is 36.6 Å². The first kappa shape index (κ1) is 10.7. The van der Waals surface area contributed by atoms with Gasteiger partial charge in [0.1, 0.15) is 6.07 Å². The van der Waals surface area contributed by atoms with Crippen LogP contribution >= 0.6 is 11.3 Å². The highest BCUT2D eigenvalue weighted by molar-refractivity contribution is 7.10. The summed E-state index contributed by atoms with van der Waals surface area (Å²) in [5, 5.41) is 14.1. The molecule has 0 bridgehead atoms. The molecule has 1 fully saturated rings. The van der Waals surface area contributed by atoms with E-state index in [0.717, 1.165) is 18.7 Å². The molecule has 0 amide bonds. The van der Waals surface area contributed by atoms with Crippen molar-refractivity contribution >= 4 is 11.3 Å². The first-order valence-electron chi connectivity index (χ1n) is 5.46. The third-order valence-electron chi connectivity index (χ3n) is 3.29. The van der Waals surface area contributed by atoms with Crippen LogP contribution in [0.4, 0.5) is 0 Å². The molecule has 0 saturated heterocycles. The van der Waals surface area contributed by atoms with Gasteiger partial charge in [-0.3, -0.25) is 0 Å². The van der Waals surface area contributed by atoms with E-state index in [0.29, 0.717) is 5.41 Å². The molecule has 0 aromatic carbocycles. The molecule has 0 spiro atoms. The minimum absolute atomic E-state index is 0.606. The SMILES string of the molecule is CCC1(CNCc2cc(C#N)cs2)CC1. The quantitative estimate of drug-likeness (QED) is 0.828. The van der Waals surface area contributed by atoms with Crippen LogP contribution in [0.15, 0.2) is 11.4 Å². The van der Waals surface area contributed by atoms with Crippen molar-refractivity contribution in [3.8, 4) is 6.07 Å². The van der Waals surface area contributed by atoms with E-state index >= 15 is 0 Å². The summed E-state index contributed by atoms with van der Waals surface area (Å²) >= 11 is 1.67. The zero-order chi connectivity index (χ0) is 10.7. The van der Waals surface area contributed by atoms with Crippen LogP contribution in [-0.2, 0) is 6.54 Å². The Morgan fingerprint density at radius 1 is 1.60 bits per heavy atom. The predicted molar refractivity (Wildman–Crippen MR) is 62.7 cm³/mol. The number of rotatable bonds is 5. The van der Waals surface area contributed by atoms with Crippen LogP contribution in [0, 0.1) is 16.7 Å². The summed E-state index contributed by atoms with van der Waals surface area (Å²) in [6, 6.07) is 4.14. The van der Waals surface area contributed by atoms with Crippen molar-refractivity contribution in [3.05, 3.63) is 21.9 Å². The molecule has 1 aromatic heterocycles. The summed E-state index contributed by atoms with van der Waals surface area (Å²) in [7, 11) is 0. The minimum Gasteiger partial charge on any atom is -0.311 e. The van der Waals surface area contributed by atoms with Gasteiger partial charge in [0.25, 0.3) is 0 Å². The zero-order valence-corrected chi connectivity index (χ0v) is 9.86. The molecule has 1 aliphatic carbocycles. The highest BCUT2D eigenvalue weighted by atomic mass is 32.1. The van der Waals surface area contributed by atoms with Crippen LogP contribution in [-0.4, -0.2) is 6.54 Å². The fraction of sp³-hybridized carbons (Fsp3) is 0.583. The average molecular weight is 220 g/mol. The Kier molecular flexibility index (Phi) is 3.08. The van der Waals surface area contributed by atoms with Crippen molar-refractivity contribution in [3.63, 3.8) is 0 Å². The zero-order valence-electron chi connectivity index (χ0n) is 9.05. The number of nitrogens with one attached hydrogen (secondary N) is 1. The molecule has 2 nitrogen and oxygen atoms in total. The topological polar surface area (TPSA) is 35.8 Å². The molecule has 15 heavy (non-hydrogen) atoms. The minimum atomic E-state index is 0.606. The van der Waals surface area contributed by atoms with E-state index in [1.807, 2.05) is 11.4 Å². The van der Waals surface area contributed by atoms with Crippen molar-refractivity contribution in [2.24, 2.45) is 5.41 Å². The monoisotopic (exact) mass is 220 g/mol. The Balaban J connectivity index is 1.76. The predicted octanol–water partition coefficient (Wildman–Crippen LogP) is 2.90. The van der Waals surface area contributed by atoms with Gasteiger partial charge in [0.15, 0.2) is 0 Å². The second-order valence-electron chi connectivity index (χ2n) is 4.37. The molecule has 0 radical (unpaired) electrons. The van der Waals surface area contributed by atoms with Crippen LogP contribution in [0.3, 0.4) is 0 Å². The molecule has 3 heteroatoms. The van der Waals surface area contributed by atoms with Gasteiger partial charge >= 0.3 is 0 Å². The highest BCUT2D eigenvalue weighted by Crippen LogP contribution is 2.47. The molecule has 1 heterocycles. The standard InChI is InChI=1S/C12H16N2S/c1-2-12(3-4-12)9-14-7-11-5-10(6-13)8-15-11/h5,8,14H,2-4,7,9H2,1H3. The van der Waals surface area contributed by atoms with Gasteiger partial charge in [0.05, 0.1) is 5.56 Å². The fourth-order valence-corrected chi connectivity index (χ4v) is 2.59. The summed E-state index contributed by atoms with van der Waals surface area (Å²) < 4.78 is 0. The Morgan fingerprint density at radius 2 is 2.40 bits per heavy atom. The molecule has 1 saturated carbocycles. The van der Waals surface area contributed by atoms with E-state index in [4.69, 9.17) is 5.26 Å². The lowest BCUT2D eigenvalue weighted by molar-refractivity contribution is 0.444. The number of nitrogens with zero attached hydrogens (tertiary/aromatic N) is 1. The van der Waals surface area contributed by atoms with E-state index in [2.05, 4.69) is 18.3 Å². The second kappa shape index (κ2) is 4.34. The van der Waals surface area contributed by atoms with Gasteiger partial charge in [-0.15, -0.1) is 11.3 Å². The lowest BCUT2D eigenvalue weighted by atomic mass is 10.0. The van der Waals surface area contributed by atoms with Gasteiger partial charge in [-0.05, 0) is 30.7 Å². The molecular formula is C12H16N2S. The molecule has 1 N–H and O–H groups in total. The Bertz CT molecular complexity index is 371. The van der Waals surface area contributed by atoms with Gasteiger partial charge in [-0.25, -0.2) is 0 Å². The third kappa shape index (κ3) is 2.58. The molecular weight excluding hydrogens is 204 g/mol. The van der Waals surface area contributed by atoms with E-state index in [-0.39, 0.29) is 0 Å². The van der Waals surface area contributed by atoms with Crippen molar-refractivity contribution in [1.29, 1.82) is 5.26 Å². The van der Waals surface area contributed by atoms with Gasteiger partial charge in [-0.2, -0.15) is 5.26 Å². The maximum atomic E-state index is 8.69. The third-order valence-corrected chi connectivity index (χ3v) is 4.23. The molecule has 1 aliphatic rings. The van der Waals surface area contributed by atoms with E-state index in [1.54, 1.807) is 11.3 Å². The molecule has 0 atom stereocenters. The first-order chi connectivity index (χ1) is 7.28. The number of thiophene rings is 1. The summed E-state index contributed by atoms with van der Waals surface area (Å²) in [5.74, 6) is 0. The van der Waals surface area contributed by atoms with Crippen molar-refractivity contribution < 1.29 is 0 Å². The lowest BCUT2D eigenvalue weighted by Crippen LogP contribution is -2.22. The number of hydrogen-bond donors (Lipinski definition) is 1. The molecule has 0 unspecified atom stereocenters. The maximum Gasteiger partial charge on any atom is 0.100 e. The molecule has 1 aromatic rings. The van der Waals surface area contributed by atoms with Crippen molar-refractivity contribution in [2.45, 2.75) is 32.7 Å². The van der Waals surface area contributed by atoms with Crippen molar-refractivity contribution in [2.75, 3.05) is 6.54 Å². The maximum absolute atomic E-state index is 8.69. The smallest absolute Gasteiger partial charge is 0.100 e. The highest BCUT2D eigenvalue weighted by Gasteiger charge is 2.39. The van der Waals surface area contributed by atoms with Gasteiger partial charge < -0.3 is 5.32 Å². The van der Waals surface area contributed by atoms with Gasteiger partial charge in [-0.1, -0.05) is 6.92 Å². The molecule has 80 valence electrons. The molecule has 2 rings (SSSR count). The largest absolute Gasteiger partial charge is 0.311 e. The summed E-state index contributed by atoms with van der Waals surface area (Å²) in [5.41, 5.74) is 1.39. The van der Waals surface area contributed by atoms with E-state index < -0.39 is 0 Å². The second-order valence-corrected chi connectivity index (χ2v) is 5.37. The summed E-state index contributed by atoms with van der Waals surface area (Å²) in [4.78, 5) is 1.26. The van der Waals surface area contributed by atoms with Gasteiger partial charge in [0, 0.05) is 23.3 Å². The number of hydrogen-bond acceptors (Lipinski definition) is 3. The Morgan fingerprint density at radius 3 is 2.93 bits per heavy atom. The fourth-order valence-electron chi connectivity index (χ4n) is 1.81. The summed E-state index contributed by atoms with van der Waals surface area (Å²) in [6.07, 6.45) is 4.04. The van der Waals surface area contributed by atoms with Crippen LogP contribution in [0.2, 0.25) is 0 Å². The van der Waals surface area contributed by atoms with E-state index in [1.165, 1.54) is 24.1 Å². The van der Waals surface area contributed by atoms with Crippen LogP contribution < -0.4 is 5.32 Å².